The van der Waals surface area contributed by atoms with Crippen molar-refractivity contribution in [2.24, 2.45) is 0 Å². The van der Waals surface area contributed by atoms with Gasteiger partial charge in [-0.2, -0.15) is 0 Å². The summed E-state index contributed by atoms with van der Waals surface area (Å²) in [5.74, 6) is -1.68. The summed E-state index contributed by atoms with van der Waals surface area (Å²) in [5.41, 5.74) is 1.18. The molecule has 1 aromatic carbocycles. The van der Waals surface area contributed by atoms with Crippen LogP contribution in [0.15, 0.2) is 12.1 Å². The number of halogens is 1. The van der Waals surface area contributed by atoms with Crippen molar-refractivity contribution in [3.8, 4) is 0 Å². The second-order valence-electron chi connectivity index (χ2n) is 4.51. The van der Waals surface area contributed by atoms with Crippen molar-refractivity contribution in [2.75, 3.05) is 13.1 Å². The van der Waals surface area contributed by atoms with E-state index in [1.54, 1.807) is 6.07 Å². The summed E-state index contributed by atoms with van der Waals surface area (Å²) in [4.78, 5) is 10.9. The lowest BCUT2D eigenvalue weighted by molar-refractivity contribution is 0.0691. The van der Waals surface area contributed by atoms with Gasteiger partial charge < -0.3 is 10.4 Å². The van der Waals surface area contributed by atoms with Crippen molar-refractivity contribution in [3.05, 3.63) is 34.6 Å². The molecule has 0 saturated carbocycles. The Balaban J connectivity index is 2.43. The van der Waals surface area contributed by atoms with Gasteiger partial charge in [0.2, 0.25) is 0 Å². The second-order valence-corrected chi connectivity index (χ2v) is 4.51. The highest BCUT2D eigenvalue weighted by atomic mass is 19.1. The number of carboxylic acid groups (broad SMARTS) is 1. The number of piperidine rings is 1. The Kier molecular flexibility index (Phi) is 3.43. The molecule has 92 valence electrons. The number of benzene rings is 1. The molecule has 0 radical (unpaired) electrons. The second kappa shape index (κ2) is 4.84. The fourth-order valence-corrected chi connectivity index (χ4v) is 2.45. The third-order valence-corrected chi connectivity index (χ3v) is 3.33. The maximum Gasteiger partial charge on any atom is 0.338 e. The van der Waals surface area contributed by atoms with Gasteiger partial charge in [0.1, 0.15) is 5.82 Å². The van der Waals surface area contributed by atoms with Gasteiger partial charge in [0.05, 0.1) is 5.56 Å². The van der Waals surface area contributed by atoms with Crippen LogP contribution < -0.4 is 5.32 Å². The molecule has 0 aromatic heterocycles. The summed E-state index contributed by atoms with van der Waals surface area (Å²) in [7, 11) is 0. The fourth-order valence-electron chi connectivity index (χ4n) is 2.45. The molecule has 0 unspecified atom stereocenters. The zero-order chi connectivity index (χ0) is 12.4. The van der Waals surface area contributed by atoms with E-state index in [9.17, 15) is 9.18 Å². The van der Waals surface area contributed by atoms with Gasteiger partial charge in [-0.1, -0.05) is 6.07 Å². The molecule has 1 saturated heterocycles. The van der Waals surface area contributed by atoms with Crippen LogP contribution in [0.25, 0.3) is 0 Å². The molecular weight excluding hydrogens is 221 g/mol. The average Bonchev–Trinajstić information content (AvgIpc) is 2.30. The molecule has 1 aliphatic rings. The number of hydrogen-bond donors (Lipinski definition) is 2. The molecule has 17 heavy (non-hydrogen) atoms. The first-order chi connectivity index (χ1) is 8.11. The lowest BCUT2D eigenvalue weighted by atomic mass is 9.87. The molecule has 1 fully saturated rings. The van der Waals surface area contributed by atoms with Crippen LogP contribution in [0.4, 0.5) is 4.39 Å². The Morgan fingerprint density at radius 3 is 2.88 bits per heavy atom. The average molecular weight is 237 g/mol. The van der Waals surface area contributed by atoms with Crippen LogP contribution in [-0.2, 0) is 0 Å². The first kappa shape index (κ1) is 12.0. The molecular formula is C13H16FNO2. The standard InChI is InChI=1S/C13H16FNO2/c1-8-4-5-10(13(16)17)12(14)11(8)9-3-2-6-15-7-9/h4-5,9,15H,2-3,6-7H2,1H3,(H,16,17)/t9-/m1/s1. The Morgan fingerprint density at radius 2 is 2.29 bits per heavy atom. The SMILES string of the molecule is Cc1ccc(C(=O)O)c(F)c1[C@@H]1CCCNC1. The number of carboxylic acids is 1. The van der Waals surface area contributed by atoms with E-state index in [-0.39, 0.29) is 11.5 Å². The first-order valence-electron chi connectivity index (χ1n) is 5.84. The van der Waals surface area contributed by atoms with Gasteiger partial charge in [-0.05, 0) is 49.4 Å². The predicted molar refractivity (Wildman–Crippen MR) is 62.9 cm³/mol. The monoisotopic (exact) mass is 237 g/mol. The zero-order valence-corrected chi connectivity index (χ0v) is 9.79. The van der Waals surface area contributed by atoms with Gasteiger partial charge in [0, 0.05) is 6.54 Å². The summed E-state index contributed by atoms with van der Waals surface area (Å²) in [6, 6.07) is 3.03. The first-order valence-corrected chi connectivity index (χ1v) is 5.84. The zero-order valence-electron chi connectivity index (χ0n) is 9.79. The lowest BCUT2D eigenvalue weighted by Gasteiger charge is -2.25. The van der Waals surface area contributed by atoms with Crippen LogP contribution in [0, 0.1) is 12.7 Å². The number of carbonyl (C=O) groups is 1. The van der Waals surface area contributed by atoms with Crippen molar-refractivity contribution >= 4 is 5.97 Å². The number of aromatic carboxylic acids is 1. The molecule has 1 atom stereocenters. The maximum atomic E-state index is 14.2. The number of aryl methyl sites for hydroxylation is 1. The molecule has 3 nitrogen and oxygen atoms in total. The Labute approximate surface area is 99.7 Å². The molecule has 0 spiro atoms. The molecule has 0 bridgehead atoms. The molecule has 1 aromatic rings. The van der Waals surface area contributed by atoms with Crippen LogP contribution in [0.1, 0.15) is 40.2 Å². The van der Waals surface area contributed by atoms with E-state index in [2.05, 4.69) is 5.32 Å². The van der Waals surface area contributed by atoms with Crippen LogP contribution in [-0.4, -0.2) is 24.2 Å². The van der Waals surface area contributed by atoms with Crippen molar-refractivity contribution in [1.29, 1.82) is 0 Å². The van der Waals surface area contributed by atoms with Gasteiger partial charge in [0.15, 0.2) is 0 Å². The minimum atomic E-state index is -1.20. The molecule has 0 aliphatic carbocycles. The minimum absolute atomic E-state index is 0.0862. The fraction of sp³-hybridized carbons (Fsp3) is 0.462. The van der Waals surface area contributed by atoms with E-state index < -0.39 is 11.8 Å². The molecule has 4 heteroatoms. The largest absolute Gasteiger partial charge is 0.478 e. The predicted octanol–water partition coefficient (Wildman–Crippen LogP) is 2.30. The van der Waals surface area contributed by atoms with Crippen molar-refractivity contribution in [3.63, 3.8) is 0 Å². The van der Waals surface area contributed by atoms with E-state index in [1.807, 2.05) is 6.92 Å². The van der Waals surface area contributed by atoms with E-state index in [0.29, 0.717) is 5.56 Å². The Bertz CT molecular complexity index is 439. The lowest BCUT2D eigenvalue weighted by Crippen LogP contribution is -2.29. The van der Waals surface area contributed by atoms with Crippen LogP contribution in [0.3, 0.4) is 0 Å². The topological polar surface area (TPSA) is 49.3 Å². The summed E-state index contributed by atoms with van der Waals surface area (Å²) in [6.45, 7) is 3.51. The van der Waals surface area contributed by atoms with Gasteiger partial charge >= 0.3 is 5.97 Å². The number of rotatable bonds is 2. The van der Waals surface area contributed by atoms with Crippen LogP contribution >= 0.6 is 0 Å². The summed E-state index contributed by atoms with van der Waals surface area (Å²) in [5, 5.41) is 12.1. The smallest absolute Gasteiger partial charge is 0.338 e. The van der Waals surface area contributed by atoms with E-state index in [4.69, 9.17) is 5.11 Å². The van der Waals surface area contributed by atoms with Crippen molar-refractivity contribution in [2.45, 2.75) is 25.7 Å². The molecule has 0 amide bonds. The highest BCUT2D eigenvalue weighted by Crippen LogP contribution is 2.30. The summed E-state index contributed by atoms with van der Waals surface area (Å²) in [6.07, 6.45) is 1.91. The molecule has 2 rings (SSSR count). The normalized spacial score (nSPS) is 20.2. The van der Waals surface area contributed by atoms with E-state index in [1.165, 1.54) is 6.07 Å². The Morgan fingerprint density at radius 1 is 1.53 bits per heavy atom. The third-order valence-electron chi connectivity index (χ3n) is 3.33. The number of hydrogen-bond acceptors (Lipinski definition) is 2. The van der Waals surface area contributed by atoms with Gasteiger partial charge in [-0.3, -0.25) is 0 Å². The van der Waals surface area contributed by atoms with E-state index in [0.717, 1.165) is 31.5 Å². The van der Waals surface area contributed by atoms with Crippen LogP contribution in [0.5, 0.6) is 0 Å². The molecule has 2 N–H and O–H groups in total. The quantitative estimate of drug-likeness (QED) is 0.829. The van der Waals surface area contributed by atoms with Crippen LogP contribution in [0.2, 0.25) is 0 Å². The third kappa shape index (κ3) is 2.31. The highest BCUT2D eigenvalue weighted by Gasteiger charge is 2.24. The van der Waals surface area contributed by atoms with Gasteiger partial charge in [-0.15, -0.1) is 0 Å². The molecule has 1 aliphatic heterocycles. The summed E-state index contributed by atoms with van der Waals surface area (Å²) < 4.78 is 14.2. The summed E-state index contributed by atoms with van der Waals surface area (Å²) >= 11 is 0. The van der Waals surface area contributed by atoms with Gasteiger partial charge in [-0.25, -0.2) is 9.18 Å². The Hall–Kier alpha value is -1.42. The highest BCUT2D eigenvalue weighted by molar-refractivity contribution is 5.88. The van der Waals surface area contributed by atoms with Crippen molar-refractivity contribution in [1.82, 2.24) is 5.32 Å². The maximum absolute atomic E-state index is 14.2. The molecule has 1 heterocycles. The van der Waals surface area contributed by atoms with Gasteiger partial charge in [0.25, 0.3) is 0 Å². The van der Waals surface area contributed by atoms with Crippen molar-refractivity contribution < 1.29 is 14.3 Å². The minimum Gasteiger partial charge on any atom is -0.478 e. The number of nitrogens with one attached hydrogen (secondary N) is 1. The van der Waals surface area contributed by atoms with E-state index >= 15 is 0 Å².